The highest BCUT2D eigenvalue weighted by Gasteiger charge is 2.13. The van der Waals surface area contributed by atoms with Crippen LogP contribution in [0.15, 0.2) is 82.7 Å². The first-order valence-electron chi connectivity index (χ1n) is 9.14. The second kappa shape index (κ2) is 8.72. The van der Waals surface area contributed by atoms with Gasteiger partial charge in [0, 0.05) is 10.8 Å². The number of thioether (sulfide) groups is 1. The first-order valence-corrected chi connectivity index (χ1v) is 10.5. The minimum Gasteiger partial charge on any atom is -0.497 e. The summed E-state index contributed by atoms with van der Waals surface area (Å²) in [5, 5.41) is 1.98. The zero-order chi connectivity index (χ0) is 20.2. The highest BCUT2D eigenvalue weighted by Crippen LogP contribution is 2.26. The van der Waals surface area contributed by atoms with Gasteiger partial charge in [0.1, 0.15) is 5.75 Å². The van der Waals surface area contributed by atoms with E-state index in [1.54, 1.807) is 11.7 Å². The highest BCUT2D eigenvalue weighted by molar-refractivity contribution is 7.98. The summed E-state index contributed by atoms with van der Waals surface area (Å²) in [7, 11) is 1.63. The number of hydrogen-bond donors (Lipinski definition) is 0. The first-order chi connectivity index (χ1) is 14.2. The first kappa shape index (κ1) is 19.6. The van der Waals surface area contributed by atoms with Gasteiger partial charge in [-0.15, -0.1) is 0 Å². The number of nitrogens with zero attached hydrogens (tertiary/aromatic N) is 2. The minimum atomic E-state index is -0.0555. The third-order valence-electron chi connectivity index (χ3n) is 4.62. The van der Waals surface area contributed by atoms with Crippen LogP contribution < -0.4 is 10.3 Å². The van der Waals surface area contributed by atoms with Crippen LogP contribution in [0.4, 0.5) is 0 Å². The van der Waals surface area contributed by atoms with E-state index in [2.05, 4.69) is 0 Å². The normalized spacial score (nSPS) is 11.0. The lowest BCUT2D eigenvalue weighted by molar-refractivity contribution is 0.414. The van der Waals surface area contributed by atoms with Gasteiger partial charge in [-0.3, -0.25) is 9.36 Å². The Bertz CT molecular complexity index is 1220. The van der Waals surface area contributed by atoms with Gasteiger partial charge in [-0.25, -0.2) is 4.98 Å². The van der Waals surface area contributed by atoms with Gasteiger partial charge >= 0.3 is 0 Å². The minimum absolute atomic E-state index is 0.0555. The van der Waals surface area contributed by atoms with Gasteiger partial charge in [0.2, 0.25) is 0 Å². The average molecular weight is 423 g/mol. The van der Waals surface area contributed by atoms with Crippen molar-refractivity contribution in [3.63, 3.8) is 0 Å². The van der Waals surface area contributed by atoms with Crippen LogP contribution in [-0.4, -0.2) is 16.7 Å². The van der Waals surface area contributed by atoms with Crippen LogP contribution in [0.5, 0.6) is 5.75 Å². The van der Waals surface area contributed by atoms with Crippen molar-refractivity contribution in [2.75, 3.05) is 7.11 Å². The predicted octanol–water partition coefficient (Wildman–Crippen LogP) is 5.40. The van der Waals surface area contributed by atoms with Crippen molar-refractivity contribution in [2.24, 2.45) is 0 Å². The lowest BCUT2D eigenvalue weighted by atomic mass is 10.2. The van der Waals surface area contributed by atoms with Gasteiger partial charge in [-0.05, 0) is 41.5 Å². The van der Waals surface area contributed by atoms with Crippen molar-refractivity contribution in [1.29, 1.82) is 0 Å². The molecule has 1 aromatic heterocycles. The Hall–Kier alpha value is -2.76. The fourth-order valence-corrected chi connectivity index (χ4v) is 4.39. The molecule has 0 aliphatic heterocycles. The molecule has 0 fully saturated rings. The molecule has 0 saturated heterocycles. The van der Waals surface area contributed by atoms with Crippen molar-refractivity contribution in [1.82, 2.24) is 9.55 Å². The van der Waals surface area contributed by atoms with Gasteiger partial charge in [0.15, 0.2) is 5.16 Å². The molecule has 0 bridgehead atoms. The van der Waals surface area contributed by atoms with Gasteiger partial charge < -0.3 is 4.74 Å². The molecule has 0 unspecified atom stereocenters. The lowest BCUT2D eigenvalue weighted by Crippen LogP contribution is -2.24. The maximum atomic E-state index is 13.2. The van der Waals surface area contributed by atoms with Crippen LogP contribution in [0.1, 0.15) is 11.1 Å². The molecule has 29 heavy (non-hydrogen) atoms. The van der Waals surface area contributed by atoms with Gasteiger partial charge in [-0.1, -0.05) is 65.8 Å². The fourth-order valence-electron chi connectivity index (χ4n) is 3.11. The van der Waals surface area contributed by atoms with Crippen LogP contribution >= 0.6 is 23.4 Å². The molecule has 6 heteroatoms. The van der Waals surface area contributed by atoms with E-state index >= 15 is 0 Å². The average Bonchev–Trinajstić information content (AvgIpc) is 2.75. The summed E-state index contributed by atoms with van der Waals surface area (Å²) in [6, 6.07) is 22.9. The standard InChI is InChI=1S/C23H19ClN2O2S/c1-28-18-9-6-7-16(13-18)14-26-22(27)19-10-3-5-12-21(19)25-23(26)29-15-17-8-2-4-11-20(17)24/h2-13H,14-15H2,1H3. The van der Waals surface area contributed by atoms with E-state index in [4.69, 9.17) is 21.3 Å². The molecule has 0 amide bonds. The number of hydrogen-bond acceptors (Lipinski definition) is 4. The van der Waals surface area contributed by atoms with Crippen LogP contribution in [0.25, 0.3) is 10.9 Å². The molecule has 0 spiro atoms. The van der Waals surface area contributed by atoms with E-state index in [0.717, 1.165) is 16.9 Å². The molecular formula is C23H19ClN2O2S. The number of rotatable bonds is 6. The van der Waals surface area contributed by atoms with E-state index in [9.17, 15) is 4.79 Å². The molecule has 146 valence electrons. The second-order valence-electron chi connectivity index (χ2n) is 6.53. The molecule has 4 rings (SSSR count). The number of fused-ring (bicyclic) bond motifs is 1. The second-order valence-corrected chi connectivity index (χ2v) is 7.88. The number of benzene rings is 3. The third-order valence-corrected chi connectivity index (χ3v) is 6.01. The van der Waals surface area contributed by atoms with Crippen molar-refractivity contribution >= 4 is 34.3 Å². The number of para-hydroxylation sites is 1. The van der Waals surface area contributed by atoms with Gasteiger partial charge in [0.25, 0.3) is 5.56 Å². The Labute approximate surface area is 178 Å². The summed E-state index contributed by atoms with van der Waals surface area (Å²) < 4.78 is 7.04. The van der Waals surface area contributed by atoms with Crippen LogP contribution in [0, 0.1) is 0 Å². The zero-order valence-corrected chi connectivity index (χ0v) is 17.4. The molecule has 0 aliphatic carbocycles. The smallest absolute Gasteiger partial charge is 0.262 e. The summed E-state index contributed by atoms with van der Waals surface area (Å²) >= 11 is 7.81. The molecule has 0 radical (unpaired) electrons. The van der Waals surface area contributed by atoms with Crippen LogP contribution in [0.2, 0.25) is 5.02 Å². The Kier molecular flexibility index (Phi) is 5.88. The molecule has 0 atom stereocenters. The van der Waals surface area contributed by atoms with Gasteiger partial charge in [0.05, 0.1) is 24.6 Å². The van der Waals surface area contributed by atoms with Crippen molar-refractivity contribution < 1.29 is 4.74 Å². The van der Waals surface area contributed by atoms with Crippen molar-refractivity contribution in [3.8, 4) is 5.75 Å². The monoisotopic (exact) mass is 422 g/mol. The van der Waals surface area contributed by atoms with Crippen LogP contribution in [0.3, 0.4) is 0 Å². The molecule has 4 nitrogen and oxygen atoms in total. The number of aromatic nitrogens is 2. The summed E-state index contributed by atoms with van der Waals surface area (Å²) in [6.07, 6.45) is 0. The Morgan fingerprint density at radius 2 is 1.83 bits per heavy atom. The summed E-state index contributed by atoms with van der Waals surface area (Å²) in [5.74, 6) is 1.39. The van der Waals surface area contributed by atoms with E-state index in [1.165, 1.54) is 11.8 Å². The molecule has 0 saturated carbocycles. The maximum absolute atomic E-state index is 13.2. The molecule has 0 aliphatic rings. The molecule has 1 heterocycles. The quantitative estimate of drug-likeness (QED) is 0.308. The summed E-state index contributed by atoms with van der Waals surface area (Å²) in [6.45, 7) is 0.415. The lowest BCUT2D eigenvalue weighted by Gasteiger charge is -2.14. The van der Waals surface area contributed by atoms with E-state index in [-0.39, 0.29) is 5.56 Å². The number of ether oxygens (including phenoxy) is 1. The fraction of sp³-hybridized carbons (Fsp3) is 0.130. The van der Waals surface area contributed by atoms with Crippen molar-refractivity contribution in [3.05, 3.63) is 99.3 Å². The molecule has 3 aromatic carbocycles. The van der Waals surface area contributed by atoms with E-state index in [0.29, 0.717) is 33.4 Å². The summed E-state index contributed by atoms with van der Waals surface area (Å²) in [4.78, 5) is 18.0. The summed E-state index contributed by atoms with van der Waals surface area (Å²) in [5.41, 5.74) is 2.62. The highest BCUT2D eigenvalue weighted by atomic mass is 35.5. The number of methoxy groups -OCH3 is 1. The topological polar surface area (TPSA) is 44.1 Å². The molecular weight excluding hydrogens is 404 g/mol. The molecule has 0 N–H and O–H groups in total. The Balaban J connectivity index is 1.75. The van der Waals surface area contributed by atoms with E-state index in [1.807, 2.05) is 72.8 Å². The third kappa shape index (κ3) is 4.31. The largest absolute Gasteiger partial charge is 0.497 e. The van der Waals surface area contributed by atoms with Gasteiger partial charge in [-0.2, -0.15) is 0 Å². The maximum Gasteiger partial charge on any atom is 0.262 e. The Morgan fingerprint density at radius 3 is 2.66 bits per heavy atom. The SMILES string of the molecule is COc1cccc(Cn2c(SCc3ccccc3Cl)nc3ccccc3c2=O)c1. The van der Waals surface area contributed by atoms with E-state index < -0.39 is 0 Å². The Morgan fingerprint density at radius 1 is 1.03 bits per heavy atom. The zero-order valence-electron chi connectivity index (χ0n) is 15.8. The molecule has 4 aromatic rings. The van der Waals surface area contributed by atoms with Crippen LogP contribution in [-0.2, 0) is 12.3 Å². The van der Waals surface area contributed by atoms with Crippen molar-refractivity contribution in [2.45, 2.75) is 17.5 Å². The number of halogens is 1. The predicted molar refractivity (Wildman–Crippen MR) is 119 cm³/mol.